The maximum absolute atomic E-state index is 5.42. The molecule has 3 aromatic heterocycles. The number of hydrogen-bond donors (Lipinski definition) is 0. The zero-order valence-electron chi connectivity index (χ0n) is 31.2. The lowest BCUT2D eigenvalue weighted by molar-refractivity contribution is 0.867. The highest BCUT2D eigenvalue weighted by atomic mass is 28.3. The molecule has 3 heterocycles. The molecule has 7 aromatic carbocycles. The smallest absolute Gasteiger partial charge is 0.240 e. The molecule has 1 aliphatic rings. The molecular formula is C51H37N5Si. The fourth-order valence-electron chi connectivity index (χ4n) is 9.18. The molecule has 0 unspecified atom stereocenters. The minimum atomic E-state index is -2.82. The quantitative estimate of drug-likeness (QED) is 0.121. The molecule has 0 atom stereocenters. The molecule has 6 heteroatoms. The van der Waals surface area contributed by atoms with Crippen molar-refractivity contribution in [1.29, 1.82) is 0 Å². The van der Waals surface area contributed by atoms with Crippen molar-refractivity contribution >= 4 is 67.6 Å². The number of hydrogen-bond acceptors (Lipinski definition) is 3. The summed E-state index contributed by atoms with van der Waals surface area (Å²) in [4.78, 5) is 16.2. The first-order chi connectivity index (χ1) is 28.3. The number of rotatable bonds is 7. The molecule has 0 aliphatic heterocycles. The highest BCUT2D eigenvalue weighted by Crippen LogP contribution is 2.35. The predicted molar refractivity (Wildman–Crippen MR) is 237 cm³/mol. The van der Waals surface area contributed by atoms with Crippen molar-refractivity contribution < 1.29 is 0 Å². The highest BCUT2D eigenvalue weighted by Gasteiger charge is 2.41. The van der Waals surface area contributed by atoms with Crippen LogP contribution in [0.4, 0.5) is 0 Å². The van der Waals surface area contributed by atoms with Crippen molar-refractivity contribution in [3.63, 3.8) is 0 Å². The van der Waals surface area contributed by atoms with Crippen LogP contribution in [0, 0.1) is 0 Å². The first-order valence-electron chi connectivity index (χ1n) is 19.6. The van der Waals surface area contributed by atoms with Crippen LogP contribution in [0.5, 0.6) is 0 Å². The van der Waals surface area contributed by atoms with Crippen molar-refractivity contribution in [3.05, 3.63) is 205 Å². The van der Waals surface area contributed by atoms with Crippen LogP contribution in [0.3, 0.4) is 0 Å². The summed E-state index contributed by atoms with van der Waals surface area (Å²) in [6.45, 7) is 0. The summed E-state index contributed by atoms with van der Waals surface area (Å²) < 4.78 is 4.44. The van der Waals surface area contributed by atoms with E-state index in [1.165, 1.54) is 31.7 Å². The van der Waals surface area contributed by atoms with Gasteiger partial charge in [-0.05, 0) is 63.4 Å². The molecule has 0 saturated heterocycles. The van der Waals surface area contributed by atoms with Gasteiger partial charge in [-0.1, -0.05) is 176 Å². The predicted octanol–water partition coefficient (Wildman–Crippen LogP) is 8.92. The summed E-state index contributed by atoms with van der Waals surface area (Å²) in [6.07, 6.45) is 6.49. The highest BCUT2D eigenvalue weighted by molar-refractivity contribution is 7.19. The van der Waals surface area contributed by atoms with E-state index in [4.69, 9.17) is 15.0 Å². The Hall–Kier alpha value is -7.15. The number of nitrogens with zero attached hydrogens (tertiary/aromatic N) is 5. The van der Waals surface area contributed by atoms with E-state index < -0.39 is 8.07 Å². The molecule has 57 heavy (non-hydrogen) atoms. The second-order valence-corrected chi connectivity index (χ2v) is 18.5. The zero-order valence-corrected chi connectivity index (χ0v) is 32.2. The van der Waals surface area contributed by atoms with E-state index in [9.17, 15) is 0 Å². The van der Waals surface area contributed by atoms with Crippen LogP contribution in [0.2, 0.25) is 0 Å². The van der Waals surface area contributed by atoms with Crippen molar-refractivity contribution in [2.45, 2.75) is 12.8 Å². The molecule has 0 spiro atoms. The van der Waals surface area contributed by atoms with Gasteiger partial charge in [0.15, 0.2) is 13.9 Å². The summed E-state index contributed by atoms with van der Waals surface area (Å²) in [6, 6.07) is 67.8. The van der Waals surface area contributed by atoms with Crippen molar-refractivity contribution in [1.82, 2.24) is 24.1 Å². The van der Waals surface area contributed by atoms with E-state index in [2.05, 4.69) is 209 Å². The molecule has 0 bridgehead atoms. The second kappa shape index (κ2) is 13.5. The first kappa shape index (κ1) is 33.2. The molecule has 11 rings (SSSR count). The Balaban J connectivity index is 1.21. The minimum Gasteiger partial charge on any atom is -0.278 e. The van der Waals surface area contributed by atoms with E-state index in [1.807, 2.05) is 0 Å². The van der Waals surface area contributed by atoms with Gasteiger partial charge in [0, 0.05) is 21.7 Å². The van der Waals surface area contributed by atoms with Gasteiger partial charge in [0.25, 0.3) is 0 Å². The summed E-state index contributed by atoms with van der Waals surface area (Å²) in [7, 11) is -2.82. The maximum atomic E-state index is 5.42. The van der Waals surface area contributed by atoms with Gasteiger partial charge in [0.1, 0.15) is 0 Å². The third-order valence-corrected chi connectivity index (χ3v) is 16.4. The molecule has 5 nitrogen and oxygen atoms in total. The van der Waals surface area contributed by atoms with Crippen LogP contribution in [-0.2, 0) is 6.42 Å². The fourth-order valence-corrected chi connectivity index (χ4v) is 14.0. The Morgan fingerprint density at radius 3 is 1.47 bits per heavy atom. The topological polar surface area (TPSA) is 48.5 Å². The number of allylic oxidation sites excluding steroid dienone is 1. The van der Waals surface area contributed by atoms with E-state index in [0.29, 0.717) is 17.7 Å². The second-order valence-electron chi connectivity index (χ2n) is 14.7. The normalized spacial score (nSPS) is 12.7. The van der Waals surface area contributed by atoms with Crippen LogP contribution < -0.4 is 20.7 Å². The summed E-state index contributed by atoms with van der Waals surface area (Å²) in [5, 5.41) is 8.78. The lowest BCUT2D eigenvalue weighted by Gasteiger charge is -2.34. The Morgan fingerprint density at radius 1 is 0.421 bits per heavy atom. The lowest BCUT2D eigenvalue weighted by atomic mass is 10.0. The number of benzene rings is 7. The Bertz CT molecular complexity index is 2980. The van der Waals surface area contributed by atoms with Gasteiger partial charge in [-0.3, -0.25) is 9.13 Å². The zero-order chi connectivity index (χ0) is 37.8. The Kier molecular flexibility index (Phi) is 7.89. The average Bonchev–Trinajstić information content (AvgIpc) is 3.81. The number of aryl methyl sites for hydroxylation is 1. The van der Waals surface area contributed by atoms with E-state index in [-0.39, 0.29) is 0 Å². The standard InChI is InChI=1S/C51H37N5Si/c1-4-20-37(21-5-1)57(38-22-6-2-7-23-38,39-24-8-3-9-25-39)40-26-18-19-36(35-40)49-52-50(55-45-31-14-10-27-41(45)42-28-11-15-32-46(42)55)54-51(53-49)56-47-33-16-12-29-43(47)44-30-13-17-34-48(44)56/h1-12,14-29,31-35H,13,30H2. The maximum Gasteiger partial charge on any atom is 0.240 e. The molecule has 1 aliphatic carbocycles. The molecule has 0 fully saturated rings. The van der Waals surface area contributed by atoms with Crippen molar-refractivity contribution in [2.75, 3.05) is 0 Å². The van der Waals surface area contributed by atoms with Crippen LogP contribution >= 0.6 is 0 Å². The molecule has 270 valence electrons. The number of aromatic nitrogens is 5. The van der Waals surface area contributed by atoms with E-state index in [1.54, 1.807) is 0 Å². The van der Waals surface area contributed by atoms with Crippen LogP contribution in [0.1, 0.15) is 17.7 Å². The van der Waals surface area contributed by atoms with Gasteiger partial charge in [0.2, 0.25) is 11.9 Å². The SMILES string of the molecule is C1=Cc2c(c3ccccc3n2-c2nc(-c3cccc([Si](c4ccccc4)(c4ccccc4)c4ccccc4)c3)nc(-n3c4ccccc4c4ccccc43)n2)CC1. The molecular weight excluding hydrogens is 711 g/mol. The average molecular weight is 748 g/mol. The number of para-hydroxylation sites is 3. The van der Waals surface area contributed by atoms with E-state index >= 15 is 0 Å². The van der Waals surface area contributed by atoms with Crippen molar-refractivity contribution in [2.24, 2.45) is 0 Å². The van der Waals surface area contributed by atoms with Crippen LogP contribution in [0.15, 0.2) is 194 Å². The van der Waals surface area contributed by atoms with Crippen LogP contribution in [0.25, 0.3) is 62.1 Å². The van der Waals surface area contributed by atoms with Gasteiger partial charge in [0.05, 0.1) is 22.2 Å². The Labute approximate surface area is 331 Å². The molecule has 0 N–H and O–H groups in total. The van der Waals surface area contributed by atoms with Crippen molar-refractivity contribution in [3.8, 4) is 23.3 Å². The van der Waals surface area contributed by atoms with Gasteiger partial charge in [-0.25, -0.2) is 0 Å². The van der Waals surface area contributed by atoms with Gasteiger partial charge >= 0.3 is 0 Å². The summed E-state index contributed by atoms with van der Waals surface area (Å²) in [5.74, 6) is 1.81. The summed E-state index contributed by atoms with van der Waals surface area (Å²) in [5.41, 5.74) is 6.61. The summed E-state index contributed by atoms with van der Waals surface area (Å²) >= 11 is 0. The monoisotopic (exact) mass is 747 g/mol. The third kappa shape index (κ3) is 5.25. The molecule has 0 radical (unpaired) electrons. The molecule has 10 aromatic rings. The third-order valence-electron chi connectivity index (χ3n) is 11.6. The lowest BCUT2D eigenvalue weighted by Crippen LogP contribution is -2.74. The Morgan fingerprint density at radius 2 is 0.895 bits per heavy atom. The van der Waals surface area contributed by atoms with Gasteiger partial charge in [-0.2, -0.15) is 15.0 Å². The number of fused-ring (bicyclic) bond motifs is 6. The minimum absolute atomic E-state index is 0.585. The van der Waals surface area contributed by atoms with Gasteiger partial charge < -0.3 is 0 Å². The van der Waals surface area contributed by atoms with E-state index in [0.717, 1.165) is 51.4 Å². The first-order valence-corrected chi connectivity index (χ1v) is 21.6. The van der Waals surface area contributed by atoms with Crippen LogP contribution in [-0.4, -0.2) is 32.2 Å². The molecule has 0 amide bonds. The molecule has 0 saturated carbocycles. The van der Waals surface area contributed by atoms with Gasteiger partial charge in [-0.15, -0.1) is 0 Å². The fraction of sp³-hybridized carbons (Fsp3) is 0.0392. The largest absolute Gasteiger partial charge is 0.278 e.